The molecule has 1 fully saturated rings. The molecule has 0 spiro atoms. The summed E-state index contributed by atoms with van der Waals surface area (Å²) in [6, 6.07) is 7.46. The number of ketones is 1. The average Bonchev–Trinajstić information content (AvgIpc) is 3.28. The summed E-state index contributed by atoms with van der Waals surface area (Å²) in [5, 5.41) is 6.50. The first kappa shape index (κ1) is 17.5. The van der Waals surface area contributed by atoms with Crippen molar-refractivity contribution < 1.29 is 14.0 Å². The first-order chi connectivity index (χ1) is 13.0. The van der Waals surface area contributed by atoms with Crippen LogP contribution in [0.4, 0.5) is 5.69 Å². The lowest BCUT2D eigenvalue weighted by atomic mass is 9.97. The minimum Gasteiger partial charge on any atom is -0.472 e. The van der Waals surface area contributed by atoms with Gasteiger partial charge in [0.25, 0.3) is 5.91 Å². The van der Waals surface area contributed by atoms with E-state index in [9.17, 15) is 9.59 Å². The number of carbonyl (C=O) groups is 2. The Hall–Kier alpha value is -2.86. The van der Waals surface area contributed by atoms with E-state index in [1.165, 1.54) is 6.92 Å². The number of Topliss-reactive ketones (excluding diaryl/α,β-unsaturated/α-hetero) is 1. The summed E-state index contributed by atoms with van der Waals surface area (Å²) in [7, 11) is 2.12. The number of fused-ring (bicyclic) bond motifs is 1. The number of nitrogens with zero attached hydrogens (tertiary/aromatic N) is 1. The first-order valence-electron chi connectivity index (χ1n) is 9.21. The second kappa shape index (κ2) is 7.04. The molecule has 140 valence electrons. The molecule has 6 nitrogen and oxygen atoms in total. The van der Waals surface area contributed by atoms with Crippen LogP contribution in [-0.2, 0) is 4.79 Å². The molecule has 0 aliphatic carbocycles. The minimum absolute atomic E-state index is 0.0235. The Morgan fingerprint density at radius 2 is 2.00 bits per heavy atom. The van der Waals surface area contributed by atoms with E-state index in [1.54, 1.807) is 30.7 Å². The number of amides is 1. The number of anilines is 1. The van der Waals surface area contributed by atoms with Crippen LogP contribution in [0.5, 0.6) is 0 Å². The minimum atomic E-state index is -0.165. The van der Waals surface area contributed by atoms with Crippen molar-refractivity contribution in [1.29, 1.82) is 0 Å². The largest absolute Gasteiger partial charge is 0.472 e. The van der Waals surface area contributed by atoms with E-state index in [2.05, 4.69) is 22.6 Å². The van der Waals surface area contributed by atoms with Crippen LogP contribution in [0.1, 0.15) is 41.3 Å². The van der Waals surface area contributed by atoms with Gasteiger partial charge in [0.15, 0.2) is 5.78 Å². The molecular weight excluding hydrogens is 342 g/mol. The van der Waals surface area contributed by atoms with E-state index in [0.717, 1.165) is 48.4 Å². The summed E-state index contributed by atoms with van der Waals surface area (Å²) in [6.07, 6.45) is 5.26. The molecule has 27 heavy (non-hydrogen) atoms. The lowest BCUT2D eigenvalue weighted by Gasteiger charge is -2.31. The Balaban J connectivity index is 1.79. The van der Waals surface area contributed by atoms with Crippen molar-refractivity contribution in [2.24, 2.45) is 0 Å². The second-order valence-electron chi connectivity index (χ2n) is 7.25. The Morgan fingerprint density at radius 1 is 1.22 bits per heavy atom. The van der Waals surface area contributed by atoms with Gasteiger partial charge in [-0.15, -0.1) is 0 Å². The third-order valence-electron chi connectivity index (χ3n) is 5.30. The van der Waals surface area contributed by atoms with Gasteiger partial charge in [0, 0.05) is 28.4 Å². The van der Waals surface area contributed by atoms with E-state index < -0.39 is 0 Å². The molecule has 0 unspecified atom stereocenters. The molecule has 2 aliphatic heterocycles. The lowest BCUT2D eigenvalue weighted by Crippen LogP contribution is -2.40. The molecule has 2 aliphatic rings. The van der Waals surface area contributed by atoms with Crippen LogP contribution in [0.25, 0.3) is 11.3 Å². The first-order valence-corrected chi connectivity index (χ1v) is 9.21. The van der Waals surface area contributed by atoms with Crippen molar-refractivity contribution in [3.05, 3.63) is 53.5 Å². The maximum atomic E-state index is 12.8. The van der Waals surface area contributed by atoms with Crippen molar-refractivity contribution in [3.8, 4) is 0 Å². The van der Waals surface area contributed by atoms with Crippen LogP contribution in [0.15, 0.2) is 41.2 Å². The molecule has 1 saturated heterocycles. The number of piperidine rings is 1. The topological polar surface area (TPSA) is 74.6 Å². The molecule has 0 radical (unpaired) electrons. The van der Waals surface area contributed by atoms with E-state index in [0.29, 0.717) is 11.1 Å². The maximum Gasteiger partial charge on any atom is 0.258 e. The van der Waals surface area contributed by atoms with Gasteiger partial charge in [0.2, 0.25) is 0 Å². The molecule has 3 heterocycles. The average molecular weight is 365 g/mol. The van der Waals surface area contributed by atoms with Crippen LogP contribution in [0, 0.1) is 0 Å². The molecule has 1 amide bonds. The molecule has 0 bridgehead atoms. The highest BCUT2D eigenvalue weighted by Gasteiger charge is 2.30. The fourth-order valence-corrected chi connectivity index (χ4v) is 3.70. The highest BCUT2D eigenvalue weighted by Crippen LogP contribution is 2.37. The third-order valence-corrected chi connectivity index (χ3v) is 5.30. The molecule has 6 heteroatoms. The number of furan rings is 1. The van der Waals surface area contributed by atoms with Crippen LogP contribution in [0.3, 0.4) is 0 Å². The smallest absolute Gasteiger partial charge is 0.258 e. The van der Waals surface area contributed by atoms with E-state index in [1.807, 2.05) is 6.07 Å². The highest BCUT2D eigenvalue weighted by atomic mass is 16.3. The quantitative estimate of drug-likeness (QED) is 0.644. The number of hydrogen-bond donors (Lipinski definition) is 2. The fourth-order valence-electron chi connectivity index (χ4n) is 3.70. The molecular formula is C21H23N3O3. The summed E-state index contributed by atoms with van der Waals surface area (Å²) in [6.45, 7) is 3.56. The van der Waals surface area contributed by atoms with Gasteiger partial charge in [-0.25, -0.2) is 0 Å². The molecule has 1 aromatic carbocycles. The van der Waals surface area contributed by atoms with Gasteiger partial charge in [-0.1, -0.05) is 0 Å². The Kier molecular flexibility index (Phi) is 4.58. The predicted octanol–water partition coefficient (Wildman–Crippen LogP) is 2.99. The van der Waals surface area contributed by atoms with Crippen molar-refractivity contribution in [3.63, 3.8) is 0 Å². The van der Waals surface area contributed by atoms with Crippen LogP contribution in [-0.4, -0.2) is 42.8 Å². The highest BCUT2D eigenvalue weighted by molar-refractivity contribution is 6.36. The van der Waals surface area contributed by atoms with Crippen LogP contribution >= 0.6 is 0 Å². The van der Waals surface area contributed by atoms with Crippen LogP contribution < -0.4 is 10.6 Å². The summed E-state index contributed by atoms with van der Waals surface area (Å²) in [5.74, 6) is -0.188. The summed E-state index contributed by atoms with van der Waals surface area (Å²) in [5.41, 5.74) is 4.23. The maximum absolute atomic E-state index is 12.8. The predicted molar refractivity (Wildman–Crippen MR) is 104 cm³/mol. The van der Waals surface area contributed by atoms with Gasteiger partial charge < -0.3 is 20.0 Å². The zero-order valence-corrected chi connectivity index (χ0v) is 15.5. The van der Waals surface area contributed by atoms with Crippen LogP contribution in [0.2, 0.25) is 0 Å². The molecule has 2 aromatic rings. The van der Waals surface area contributed by atoms with Crippen molar-refractivity contribution >= 4 is 28.6 Å². The lowest BCUT2D eigenvalue weighted by molar-refractivity contribution is -0.110. The number of nitrogens with one attached hydrogen (secondary N) is 2. The Bertz CT molecular complexity index is 907. The second-order valence-corrected chi connectivity index (χ2v) is 7.25. The monoisotopic (exact) mass is 365 g/mol. The molecule has 2 N–H and O–H groups in total. The standard InChI is InChI=1S/C21H23N3O3/c1-13(25)14-3-4-18-17(11-14)19(21(26)23-18)20(15-7-10-27-12-15)22-16-5-8-24(2)9-6-16/h3-4,7,10-12,16,22H,5-6,8-9H2,1-2H3,(H,23,26). The number of benzene rings is 1. The van der Waals surface area contributed by atoms with Gasteiger partial charge >= 0.3 is 0 Å². The molecule has 1 aromatic heterocycles. The van der Waals surface area contributed by atoms with Gasteiger partial charge in [0.1, 0.15) is 0 Å². The van der Waals surface area contributed by atoms with Crippen molar-refractivity contribution in [2.45, 2.75) is 25.8 Å². The van der Waals surface area contributed by atoms with Gasteiger partial charge in [-0.3, -0.25) is 9.59 Å². The fraction of sp³-hybridized carbons (Fsp3) is 0.333. The van der Waals surface area contributed by atoms with Crippen molar-refractivity contribution in [1.82, 2.24) is 10.2 Å². The zero-order chi connectivity index (χ0) is 19.0. The third kappa shape index (κ3) is 3.40. The summed E-state index contributed by atoms with van der Waals surface area (Å²) >= 11 is 0. The summed E-state index contributed by atoms with van der Waals surface area (Å²) < 4.78 is 5.28. The normalized spacial score (nSPS) is 19.6. The number of hydrogen-bond acceptors (Lipinski definition) is 5. The number of likely N-dealkylation sites (tertiary alicyclic amines) is 1. The van der Waals surface area contributed by atoms with Gasteiger partial charge in [-0.05, 0) is 64.2 Å². The Morgan fingerprint density at radius 3 is 2.67 bits per heavy atom. The van der Waals surface area contributed by atoms with Gasteiger partial charge in [-0.2, -0.15) is 0 Å². The van der Waals surface area contributed by atoms with Gasteiger partial charge in [0.05, 0.1) is 23.8 Å². The SMILES string of the molecule is CC(=O)c1ccc2c(c1)C(=C(NC1CCN(C)CC1)c1ccoc1)C(=O)N2. The number of rotatable bonds is 4. The summed E-state index contributed by atoms with van der Waals surface area (Å²) in [4.78, 5) is 26.9. The Labute approximate surface area is 158 Å². The van der Waals surface area contributed by atoms with E-state index in [4.69, 9.17) is 4.42 Å². The number of carbonyl (C=O) groups excluding carboxylic acids is 2. The zero-order valence-electron chi connectivity index (χ0n) is 15.5. The molecule has 4 rings (SSSR count). The van der Waals surface area contributed by atoms with E-state index in [-0.39, 0.29) is 17.7 Å². The molecule has 0 saturated carbocycles. The molecule has 0 atom stereocenters. The van der Waals surface area contributed by atoms with Crippen molar-refractivity contribution in [2.75, 3.05) is 25.5 Å². The van der Waals surface area contributed by atoms with E-state index >= 15 is 0 Å².